The number of hydrogen-bond donors (Lipinski definition) is 1. The Hall–Kier alpha value is -1.79. The van der Waals surface area contributed by atoms with Gasteiger partial charge in [0.05, 0.1) is 11.3 Å². The van der Waals surface area contributed by atoms with Crippen LogP contribution in [0.3, 0.4) is 0 Å². The average molecular weight is 329 g/mol. The van der Waals surface area contributed by atoms with E-state index in [-0.39, 0.29) is 0 Å². The molecule has 0 saturated carbocycles. The molecular formula is C17H17BrN2. The lowest BCUT2D eigenvalue weighted by Crippen LogP contribution is -1.94. The number of rotatable bonds is 5. The van der Waals surface area contributed by atoms with Gasteiger partial charge in [0.15, 0.2) is 0 Å². The molecule has 2 rings (SSSR count). The number of hydrogen-bond acceptors (Lipinski definition) is 2. The molecule has 20 heavy (non-hydrogen) atoms. The Morgan fingerprint density at radius 2 is 1.90 bits per heavy atom. The number of aryl methyl sites for hydroxylation is 1. The van der Waals surface area contributed by atoms with Crippen LogP contribution in [-0.2, 0) is 6.42 Å². The summed E-state index contributed by atoms with van der Waals surface area (Å²) in [7, 11) is 0. The summed E-state index contributed by atoms with van der Waals surface area (Å²) in [6.07, 6.45) is 3.56. The van der Waals surface area contributed by atoms with E-state index in [1.165, 1.54) is 18.4 Å². The van der Waals surface area contributed by atoms with Gasteiger partial charge < -0.3 is 5.32 Å². The Morgan fingerprint density at radius 1 is 1.15 bits per heavy atom. The molecule has 102 valence electrons. The third-order valence-electron chi connectivity index (χ3n) is 3.15. The summed E-state index contributed by atoms with van der Waals surface area (Å²) in [5.74, 6) is 0. The van der Waals surface area contributed by atoms with E-state index in [4.69, 9.17) is 5.26 Å². The first kappa shape index (κ1) is 14.6. The van der Waals surface area contributed by atoms with Gasteiger partial charge in [0.2, 0.25) is 0 Å². The molecule has 2 aromatic carbocycles. The molecule has 0 fully saturated rings. The number of halogens is 1. The van der Waals surface area contributed by atoms with Gasteiger partial charge >= 0.3 is 0 Å². The van der Waals surface area contributed by atoms with E-state index in [1.54, 1.807) is 0 Å². The van der Waals surface area contributed by atoms with Crippen LogP contribution in [0.5, 0.6) is 0 Å². The second kappa shape index (κ2) is 7.12. The smallest absolute Gasteiger partial charge is 0.101 e. The molecule has 0 amide bonds. The zero-order valence-corrected chi connectivity index (χ0v) is 13.1. The molecule has 0 atom stereocenters. The van der Waals surface area contributed by atoms with Crippen molar-refractivity contribution in [3.05, 3.63) is 58.1 Å². The van der Waals surface area contributed by atoms with Crippen LogP contribution >= 0.6 is 15.9 Å². The molecule has 0 aromatic heterocycles. The predicted molar refractivity (Wildman–Crippen MR) is 87.2 cm³/mol. The molecule has 0 heterocycles. The Labute approximate surface area is 128 Å². The van der Waals surface area contributed by atoms with Crippen LogP contribution in [0.1, 0.15) is 30.9 Å². The van der Waals surface area contributed by atoms with Crippen molar-refractivity contribution >= 4 is 27.3 Å². The number of anilines is 2. The van der Waals surface area contributed by atoms with Crippen LogP contribution < -0.4 is 5.32 Å². The lowest BCUT2D eigenvalue weighted by atomic mass is 10.1. The van der Waals surface area contributed by atoms with Gasteiger partial charge in [0.1, 0.15) is 6.07 Å². The van der Waals surface area contributed by atoms with Crippen molar-refractivity contribution < 1.29 is 0 Å². The van der Waals surface area contributed by atoms with Gasteiger partial charge in [-0.05, 0) is 48.7 Å². The number of nitrogens with zero attached hydrogens (tertiary/aromatic N) is 1. The van der Waals surface area contributed by atoms with Crippen molar-refractivity contribution in [3.8, 4) is 6.07 Å². The SMILES string of the molecule is CCCCc1ccc(Nc2ccc(Br)cc2C#N)cc1. The second-order valence-corrected chi connectivity index (χ2v) is 5.64. The molecule has 0 radical (unpaired) electrons. The Kier molecular flexibility index (Phi) is 5.20. The Morgan fingerprint density at radius 3 is 2.55 bits per heavy atom. The fourth-order valence-electron chi connectivity index (χ4n) is 2.01. The van der Waals surface area contributed by atoms with E-state index in [0.717, 1.165) is 22.3 Å². The third kappa shape index (κ3) is 3.85. The zero-order chi connectivity index (χ0) is 14.4. The zero-order valence-electron chi connectivity index (χ0n) is 11.5. The van der Waals surface area contributed by atoms with Gasteiger partial charge in [-0.1, -0.05) is 41.4 Å². The van der Waals surface area contributed by atoms with E-state index in [0.29, 0.717) is 5.56 Å². The highest BCUT2D eigenvalue weighted by atomic mass is 79.9. The number of nitriles is 1. The summed E-state index contributed by atoms with van der Waals surface area (Å²) in [5, 5.41) is 12.4. The fraction of sp³-hybridized carbons (Fsp3) is 0.235. The summed E-state index contributed by atoms with van der Waals surface area (Å²) in [4.78, 5) is 0. The van der Waals surface area contributed by atoms with Crippen molar-refractivity contribution in [2.45, 2.75) is 26.2 Å². The van der Waals surface area contributed by atoms with Gasteiger partial charge in [-0.2, -0.15) is 5.26 Å². The van der Waals surface area contributed by atoms with Crippen LogP contribution in [0.2, 0.25) is 0 Å². The van der Waals surface area contributed by atoms with Crippen molar-refractivity contribution in [1.82, 2.24) is 0 Å². The molecule has 0 saturated heterocycles. The summed E-state index contributed by atoms with van der Waals surface area (Å²) in [5.41, 5.74) is 3.82. The molecule has 1 N–H and O–H groups in total. The average Bonchev–Trinajstić information content (AvgIpc) is 2.48. The summed E-state index contributed by atoms with van der Waals surface area (Å²) < 4.78 is 0.912. The highest BCUT2D eigenvalue weighted by Gasteiger charge is 2.03. The molecule has 0 aliphatic heterocycles. The van der Waals surface area contributed by atoms with E-state index in [1.807, 2.05) is 18.2 Å². The normalized spacial score (nSPS) is 10.1. The molecule has 0 bridgehead atoms. The first-order valence-corrected chi connectivity index (χ1v) is 7.58. The van der Waals surface area contributed by atoms with Gasteiger partial charge in [0.25, 0.3) is 0 Å². The first-order chi connectivity index (χ1) is 9.72. The quantitative estimate of drug-likeness (QED) is 0.796. The lowest BCUT2D eigenvalue weighted by Gasteiger charge is -2.09. The third-order valence-corrected chi connectivity index (χ3v) is 3.65. The van der Waals surface area contributed by atoms with Gasteiger partial charge in [0, 0.05) is 10.2 Å². The van der Waals surface area contributed by atoms with Crippen LogP contribution in [0.4, 0.5) is 11.4 Å². The molecule has 2 aromatic rings. The summed E-state index contributed by atoms with van der Waals surface area (Å²) in [6.45, 7) is 2.20. The Balaban J connectivity index is 2.12. The van der Waals surface area contributed by atoms with E-state index in [9.17, 15) is 0 Å². The van der Waals surface area contributed by atoms with Gasteiger partial charge in [-0.25, -0.2) is 0 Å². The van der Waals surface area contributed by atoms with E-state index >= 15 is 0 Å². The van der Waals surface area contributed by atoms with Crippen LogP contribution in [0.15, 0.2) is 46.9 Å². The van der Waals surface area contributed by atoms with Crippen molar-refractivity contribution in [1.29, 1.82) is 5.26 Å². The molecule has 2 nitrogen and oxygen atoms in total. The lowest BCUT2D eigenvalue weighted by molar-refractivity contribution is 0.795. The second-order valence-electron chi connectivity index (χ2n) is 4.73. The number of unbranched alkanes of at least 4 members (excludes halogenated alkanes) is 1. The maximum Gasteiger partial charge on any atom is 0.101 e. The summed E-state index contributed by atoms with van der Waals surface area (Å²) >= 11 is 3.38. The monoisotopic (exact) mass is 328 g/mol. The fourth-order valence-corrected chi connectivity index (χ4v) is 2.37. The van der Waals surface area contributed by atoms with Crippen molar-refractivity contribution in [3.63, 3.8) is 0 Å². The Bertz CT molecular complexity index is 612. The molecular weight excluding hydrogens is 312 g/mol. The van der Waals surface area contributed by atoms with Crippen LogP contribution in [-0.4, -0.2) is 0 Å². The molecule has 0 aliphatic carbocycles. The number of nitrogens with one attached hydrogen (secondary N) is 1. The highest BCUT2D eigenvalue weighted by Crippen LogP contribution is 2.24. The minimum Gasteiger partial charge on any atom is -0.354 e. The largest absolute Gasteiger partial charge is 0.354 e. The topological polar surface area (TPSA) is 35.8 Å². The minimum atomic E-state index is 0.634. The molecule has 3 heteroatoms. The maximum absolute atomic E-state index is 9.15. The van der Waals surface area contributed by atoms with Gasteiger partial charge in [-0.3, -0.25) is 0 Å². The number of benzene rings is 2. The van der Waals surface area contributed by atoms with Crippen LogP contribution in [0.25, 0.3) is 0 Å². The predicted octanol–water partition coefficient (Wildman–Crippen LogP) is 5.41. The molecule has 0 spiro atoms. The summed E-state index contributed by atoms with van der Waals surface area (Å²) in [6, 6.07) is 16.3. The van der Waals surface area contributed by atoms with Crippen molar-refractivity contribution in [2.24, 2.45) is 0 Å². The molecule has 0 unspecified atom stereocenters. The van der Waals surface area contributed by atoms with Gasteiger partial charge in [-0.15, -0.1) is 0 Å². The van der Waals surface area contributed by atoms with Crippen LogP contribution in [0, 0.1) is 11.3 Å². The maximum atomic E-state index is 9.15. The minimum absolute atomic E-state index is 0.634. The van der Waals surface area contributed by atoms with Crippen molar-refractivity contribution in [2.75, 3.05) is 5.32 Å². The first-order valence-electron chi connectivity index (χ1n) is 6.78. The molecule has 0 aliphatic rings. The van der Waals surface area contributed by atoms with E-state index in [2.05, 4.69) is 58.5 Å². The highest BCUT2D eigenvalue weighted by molar-refractivity contribution is 9.10. The van der Waals surface area contributed by atoms with E-state index < -0.39 is 0 Å². The standard InChI is InChI=1S/C17H17BrN2/c1-2-3-4-13-5-8-16(9-6-13)20-17-10-7-15(18)11-14(17)12-19/h5-11,20H,2-4H2,1H3.